The fourth-order valence-corrected chi connectivity index (χ4v) is 3.22. The Morgan fingerprint density at radius 2 is 1.90 bits per heavy atom. The van der Waals surface area contributed by atoms with E-state index in [-0.39, 0.29) is 5.69 Å². The molecule has 0 unspecified atom stereocenters. The van der Waals surface area contributed by atoms with E-state index in [1.165, 1.54) is 18.2 Å². The second kappa shape index (κ2) is 6.95. The lowest BCUT2D eigenvalue weighted by molar-refractivity contribution is -0.137. The Morgan fingerprint density at radius 1 is 1.14 bits per heavy atom. The molecule has 0 bridgehead atoms. The SMILES string of the molecule is COc1cccc(-c2cc(C3(C(=O)Nc4ccccc4C(F)(F)F)CC3)no2)c1. The van der Waals surface area contributed by atoms with Crippen LogP contribution in [0.15, 0.2) is 59.1 Å². The lowest BCUT2D eigenvalue weighted by Crippen LogP contribution is -2.29. The number of hydrogen-bond acceptors (Lipinski definition) is 4. The molecule has 150 valence electrons. The molecule has 0 saturated heterocycles. The number of nitrogens with zero attached hydrogens (tertiary/aromatic N) is 1. The van der Waals surface area contributed by atoms with E-state index in [9.17, 15) is 18.0 Å². The van der Waals surface area contributed by atoms with Gasteiger partial charge in [-0.3, -0.25) is 4.79 Å². The van der Waals surface area contributed by atoms with E-state index < -0.39 is 23.1 Å². The van der Waals surface area contributed by atoms with Crippen LogP contribution in [-0.2, 0) is 16.4 Å². The molecule has 1 aromatic heterocycles. The summed E-state index contributed by atoms with van der Waals surface area (Å²) in [6.07, 6.45) is -3.60. The fraction of sp³-hybridized carbons (Fsp3) is 0.238. The molecule has 1 saturated carbocycles. The summed E-state index contributed by atoms with van der Waals surface area (Å²) in [6, 6.07) is 13.7. The molecule has 1 aliphatic carbocycles. The Labute approximate surface area is 164 Å². The van der Waals surface area contributed by atoms with Crippen LogP contribution in [0.1, 0.15) is 24.1 Å². The maximum atomic E-state index is 13.2. The number of carbonyl (C=O) groups is 1. The second-order valence-corrected chi connectivity index (χ2v) is 6.89. The van der Waals surface area contributed by atoms with Crippen LogP contribution in [0.3, 0.4) is 0 Å². The van der Waals surface area contributed by atoms with Crippen LogP contribution in [0.2, 0.25) is 0 Å². The molecule has 0 radical (unpaired) electrons. The minimum Gasteiger partial charge on any atom is -0.497 e. The smallest absolute Gasteiger partial charge is 0.418 e. The van der Waals surface area contributed by atoms with Crippen molar-refractivity contribution in [1.82, 2.24) is 5.16 Å². The van der Waals surface area contributed by atoms with Crippen LogP contribution < -0.4 is 10.1 Å². The number of amides is 1. The van der Waals surface area contributed by atoms with Crippen LogP contribution in [-0.4, -0.2) is 18.2 Å². The molecule has 29 heavy (non-hydrogen) atoms. The highest BCUT2D eigenvalue weighted by Gasteiger charge is 2.54. The van der Waals surface area contributed by atoms with E-state index in [1.54, 1.807) is 31.4 Å². The zero-order chi connectivity index (χ0) is 20.6. The van der Waals surface area contributed by atoms with E-state index in [0.717, 1.165) is 11.6 Å². The van der Waals surface area contributed by atoms with Gasteiger partial charge in [-0.25, -0.2) is 0 Å². The molecule has 1 fully saturated rings. The monoisotopic (exact) mass is 402 g/mol. The molecule has 1 heterocycles. The van der Waals surface area contributed by atoms with Crippen molar-refractivity contribution in [3.63, 3.8) is 0 Å². The van der Waals surface area contributed by atoms with Crippen molar-refractivity contribution in [3.8, 4) is 17.1 Å². The number of benzene rings is 2. The number of aromatic nitrogens is 1. The zero-order valence-corrected chi connectivity index (χ0v) is 15.4. The first-order chi connectivity index (χ1) is 13.8. The van der Waals surface area contributed by atoms with Crippen LogP contribution in [0.5, 0.6) is 5.75 Å². The van der Waals surface area contributed by atoms with Gasteiger partial charge in [0.05, 0.1) is 29.5 Å². The topological polar surface area (TPSA) is 64.4 Å². The Balaban J connectivity index is 1.59. The highest BCUT2D eigenvalue weighted by Crippen LogP contribution is 2.49. The van der Waals surface area contributed by atoms with E-state index in [2.05, 4.69) is 10.5 Å². The Hall–Kier alpha value is -3.29. The van der Waals surface area contributed by atoms with Gasteiger partial charge in [-0.15, -0.1) is 0 Å². The number of ether oxygens (including phenoxy) is 1. The number of alkyl halides is 3. The van der Waals surface area contributed by atoms with Crippen molar-refractivity contribution in [2.75, 3.05) is 12.4 Å². The third-order valence-corrected chi connectivity index (χ3v) is 5.02. The van der Waals surface area contributed by atoms with Crippen molar-refractivity contribution in [1.29, 1.82) is 0 Å². The summed E-state index contributed by atoms with van der Waals surface area (Å²) in [5, 5.41) is 6.44. The minimum atomic E-state index is -4.56. The van der Waals surface area contributed by atoms with Gasteiger partial charge in [0.15, 0.2) is 5.76 Å². The molecule has 1 amide bonds. The summed E-state index contributed by atoms with van der Waals surface area (Å²) in [6.45, 7) is 0. The van der Waals surface area contributed by atoms with Gasteiger partial charge in [-0.05, 0) is 37.1 Å². The molecule has 3 aromatic rings. The van der Waals surface area contributed by atoms with Gasteiger partial charge in [-0.1, -0.05) is 29.4 Å². The number of halogens is 3. The second-order valence-electron chi connectivity index (χ2n) is 6.89. The van der Waals surface area contributed by atoms with Crippen molar-refractivity contribution in [2.45, 2.75) is 24.4 Å². The number of anilines is 1. The van der Waals surface area contributed by atoms with Crippen LogP contribution in [0.4, 0.5) is 18.9 Å². The highest BCUT2D eigenvalue weighted by atomic mass is 19.4. The summed E-state index contributed by atoms with van der Waals surface area (Å²) in [7, 11) is 1.55. The first-order valence-corrected chi connectivity index (χ1v) is 8.93. The molecule has 5 nitrogen and oxygen atoms in total. The van der Waals surface area contributed by atoms with E-state index in [1.807, 2.05) is 6.07 Å². The van der Waals surface area contributed by atoms with Crippen LogP contribution in [0, 0.1) is 0 Å². The first kappa shape index (κ1) is 19.0. The van der Waals surface area contributed by atoms with Crippen molar-refractivity contribution >= 4 is 11.6 Å². The molecule has 2 aromatic carbocycles. The minimum absolute atomic E-state index is 0.271. The standard InChI is InChI=1S/C21H17F3N2O3/c1-28-14-6-4-5-13(11-14)17-12-18(26-29-17)20(9-10-20)19(27)25-16-8-3-2-7-15(16)21(22,23)24/h2-8,11-12H,9-10H2,1H3,(H,25,27). The largest absolute Gasteiger partial charge is 0.497 e. The predicted octanol–water partition coefficient (Wildman–Crippen LogP) is 5.04. The van der Waals surface area contributed by atoms with Crippen LogP contribution in [0.25, 0.3) is 11.3 Å². The number of rotatable bonds is 5. The van der Waals surface area contributed by atoms with Gasteiger partial charge in [-0.2, -0.15) is 13.2 Å². The first-order valence-electron chi connectivity index (χ1n) is 8.93. The Kier molecular flexibility index (Phi) is 4.56. The van der Waals surface area contributed by atoms with Gasteiger partial charge in [0.1, 0.15) is 5.75 Å². The molecule has 1 aliphatic rings. The molecular formula is C21H17F3N2O3. The normalized spacial score (nSPS) is 15.0. The number of para-hydroxylation sites is 1. The number of carbonyl (C=O) groups excluding carboxylic acids is 1. The van der Waals surface area contributed by atoms with E-state index >= 15 is 0 Å². The third kappa shape index (κ3) is 3.57. The lowest BCUT2D eigenvalue weighted by Gasteiger charge is -2.16. The maximum absolute atomic E-state index is 13.2. The Bertz CT molecular complexity index is 1060. The zero-order valence-electron chi connectivity index (χ0n) is 15.4. The number of nitrogens with one attached hydrogen (secondary N) is 1. The number of methoxy groups -OCH3 is 1. The van der Waals surface area contributed by atoms with E-state index in [4.69, 9.17) is 9.26 Å². The predicted molar refractivity (Wildman–Crippen MR) is 99.5 cm³/mol. The highest BCUT2D eigenvalue weighted by molar-refractivity contribution is 6.01. The van der Waals surface area contributed by atoms with Gasteiger partial charge < -0.3 is 14.6 Å². The summed E-state index contributed by atoms with van der Waals surface area (Å²) in [5.41, 5.74) is -1.02. The van der Waals surface area contributed by atoms with Gasteiger partial charge in [0.2, 0.25) is 5.91 Å². The lowest BCUT2D eigenvalue weighted by atomic mass is 9.99. The van der Waals surface area contributed by atoms with Gasteiger partial charge in [0.25, 0.3) is 0 Å². The maximum Gasteiger partial charge on any atom is 0.418 e. The van der Waals surface area contributed by atoms with Crippen molar-refractivity contribution < 1.29 is 27.2 Å². The van der Waals surface area contributed by atoms with E-state index in [0.29, 0.717) is 30.0 Å². The summed E-state index contributed by atoms with van der Waals surface area (Å²) in [5.74, 6) is 0.566. The summed E-state index contributed by atoms with van der Waals surface area (Å²) >= 11 is 0. The van der Waals surface area contributed by atoms with Crippen molar-refractivity contribution in [2.24, 2.45) is 0 Å². The molecule has 0 aliphatic heterocycles. The molecular weight excluding hydrogens is 385 g/mol. The van der Waals surface area contributed by atoms with Gasteiger partial charge >= 0.3 is 6.18 Å². The molecule has 0 spiro atoms. The third-order valence-electron chi connectivity index (χ3n) is 5.02. The van der Waals surface area contributed by atoms with Crippen LogP contribution >= 0.6 is 0 Å². The molecule has 1 N–H and O–H groups in total. The van der Waals surface area contributed by atoms with Crippen molar-refractivity contribution in [3.05, 3.63) is 65.9 Å². The average Bonchev–Trinajstić information content (AvgIpc) is 3.37. The molecule has 4 rings (SSSR count). The molecule has 0 atom stereocenters. The summed E-state index contributed by atoms with van der Waals surface area (Å²) < 4.78 is 50.2. The quantitative estimate of drug-likeness (QED) is 0.650. The fourth-order valence-electron chi connectivity index (χ4n) is 3.22. The summed E-state index contributed by atoms with van der Waals surface area (Å²) in [4.78, 5) is 12.8. The van der Waals surface area contributed by atoms with Gasteiger partial charge in [0, 0.05) is 11.6 Å². The number of hydrogen-bond donors (Lipinski definition) is 1. The molecule has 8 heteroatoms. The Morgan fingerprint density at radius 3 is 2.59 bits per heavy atom. The average molecular weight is 402 g/mol.